The molecule has 90 valence electrons. The molecule has 2 aromatic rings. The molecule has 0 aliphatic carbocycles. The van der Waals surface area contributed by atoms with Crippen LogP contribution in [-0.4, -0.2) is 11.7 Å². The van der Waals surface area contributed by atoms with E-state index in [4.69, 9.17) is 11.6 Å². The second kappa shape index (κ2) is 5.71. The van der Waals surface area contributed by atoms with Gasteiger partial charge in [0, 0.05) is 18.7 Å². The lowest BCUT2D eigenvalue weighted by atomic mass is 10.1. The average molecular weight is 250 g/mol. The molecule has 0 saturated heterocycles. The number of hydrogen-bond donors (Lipinski definition) is 2. The number of hydrogen-bond acceptors (Lipinski definition) is 2. The summed E-state index contributed by atoms with van der Waals surface area (Å²) in [7, 11) is 0. The molecule has 2 nitrogen and oxygen atoms in total. The number of nitrogens with one attached hydrogen (secondary N) is 1. The summed E-state index contributed by atoms with van der Waals surface area (Å²) in [4.78, 5) is 0. The standard InChI is InChI=1S/C14H14ClNO.H2/c15-12-6-8-13(9-7-12)16-10-14(17)11-4-2-1-3-5-11;/h1-9,14,16-17H,10H2;1H. The van der Waals surface area contributed by atoms with Crippen LogP contribution in [0.4, 0.5) is 5.69 Å². The fourth-order valence-electron chi connectivity index (χ4n) is 1.58. The van der Waals surface area contributed by atoms with Gasteiger partial charge in [-0.1, -0.05) is 41.9 Å². The fraction of sp³-hybridized carbons (Fsp3) is 0.143. The number of benzene rings is 2. The molecule has 2 N–H and O–H groups in total. The minimum absolute atomic E-state index is 0. The third-order valence-corrected chi connectivity index (χ3v) is 2.78. The van der Waals surface area contributed by atoms with Crippen molar-refractivity contribution in [3.8, 4) is 0 Å². The molecule has 0 radical (unpaired) electrons. The molecule has 0 aromatic heterocycles. The lowest BCUT2D eigenvalue weighted by molar-refractivity contribution is 0.191. The summed E-state index contributed by atoms with van der Waals surface area (Å²) in [5, 5.41) is 13.8. The maximum Gasteiger partial charge on any atom is 0.0962 e. The highest BCUT2D eigenvalue weighted by atomic mass is 35.5. The Morgan fingerprint density at radius 1 is 1.06 bits per heavy atom. The van der Waals surface area contributed by atoms with E-state index in [1.54, 1.807) is 0 Å². The first-order chi connectivity index (χ1) is 8.25. The van der Waals surface area contributed by atoms with Crippen molar-refractivity contribution in [2.45, 2.75) is 6.10 Å². The monoisotopic (exact) mass is 249 g/mol. The summed E-state index contributed by atoms with van der Waals surface area (Å²) >= 11 is 5.79. The third kappa shape index (κ3) is 3.48. The second-order valence-electron chi connectivity index (χ2n) is 3.81. The van der Waals surface area contributed by atoms with E-state index in [0.717, 1.165) is 11.3 Å². The van der Waals surface area contributed by atoms with Crippen molar-refractivity contribution in [2.24, 2.45) is 0 Å². The van der Waals surface area contributed by atoms with Crippen LogP contribution in [0.3, 0.4) is 0 Å². The van der Waals surface area contributed by atoms with Crippen LogP contribution in [0.25, 0.3) is 0 Å². The van der Waals surface area contributed by atoms with Gasteiger partial charge in [0.15, 0.2) is 0 Å². The maximum atomic E-state index is 9.95. The van der Waals surface area contributed by atoms with E-state index in [-0.39, 0.29) is 1.43 Å². The molecular weight excluding hydrogens is 234 g/mol. The molecule has 0 aliphatic heterocycles. The van der Waals surface area contributed by atoms with Gasteiger partial charge in [-0.3, -0.25) is 0 Å². The minimum atomic E-state index is -0.508. The Labute approximate surface area is 107 Å². The van der Waals surface area contributed by atoms with Crippen LogP contribution in [0, 0.1) is 0 Å². The molecule has 0 spiro atoms. The molecule has 0 heterocycles. The van der Waals surface area contributed by atoms with Crippen molar-refractivity contribution in [3.05, 3.63) is 65.2 Å². The van der Waals surface area contributed by atoms with Gasteiger partial charge in [-0.15, -0.1) is 0 Å². The average Bonchev–Trinajstić information content (AvgIpc) is 2.39. The predicted molar refractivity (Wildman–Crippen MR) is 73.5 cm³/mol. The van der Waals surface area contributed by atoms with E-state index in [1.165, 1.54) is 0 Å². The Bertz CT molecular complexity index is 461. The van der Waals surface area contributed by atoms with E-state index in [1.807, 2.05) is 54.6 Å². The first-order valence-electron chi connectivity index (χ1n) is 5.48. The number of rotatable bonds is 4. The van der Waals surface area contributed by atoms with Crippen molar-refractivity contribution in [3.63, 3.8) is 0 Å². The van der Waals surface area contributed by atoms with Gasteiger partial charge in [-0.05, 0) is 29.8 Å². The van der Waals surface area contributed by atoms with Crippen LogP contribution in [0.2, 0.25) is 5.02 Å². The Kier molecular flexibility index (Phi) is 4.02. The molecule has 1 unspecified atom stereocenters. The van der Waals surface area contributed by atoms with Gasteiger partial charge in [-0.25, -0.2) is 0 Å². The molecule has 0 saturated carbocycles. The van der Waals surface area contributed by atoms with Crippen LogP contribution < -0.4 is 5.32 Å². The van der Waals surface area contributed by atoms with Crippen LogP contribution in [0.1, 0.15) is 13.1 Å². The lowest BCUT2D eigenvalue weighted by Gasteiger charge is -2.13. The SMILES string of the molecule is OC(CNc1ccc(Cl)cc1)c1ccccc1.[HH]. The normalized spacial score (nSPS) is 12.1. The zero-order valence-electron chi connectivity index (χ0n) is 9.31. The highest BCUT2D eigenvalue weighted by molar-refractivity contribution is 6.30. The summed E-state index contributed by atoms with van der Waals surface area (Å²) in [5.41, 5.74) is 1.86. The molecule has 0 fully saturated rings. The maximum absolute atomic E-state index is 9.95. The van der Waals surface area contributed by atoms with E-state index in [0.29, 0.717) is 11.6 Å². The Morgan fingerprint density at radius 3 is 2.35 bits per heavy atom. The van der Waals surface area contributed by atoms with Crippen molar-refractivity contribution in [2.75, 3.05) is 11.9 Å². The van der Waals surface area contributed by atoms with Crippen LogP contribution in [-0.2, 0) is 0 Å². The summed E-state index contributed by atoms with van der Waals surface area (Å²) < 4.78 is 0. The van der Waals surface area contributed by atoms with Gasteiger partial charge in [0.05, 0.1) is 6.10 Å². The molecular formula is C14H16ClNO. The summed E-state index contributed by atoms with van der Waals surface area (Å²) in [6, 6.07) is 17.0. The van der Waals surface area contributed by atoms with Crippen molar-refractivity contribution >= 4 is 17.3 Å². The highest BCUT2D eigenvalue weighted by Crippen LogP contribution is 2.16. The minimum Gasteiger partial charge on any atom is -0.387 e. The Balaban J connectivity index is 0.00000162. The quantitative estimate of drug-likeness (QED) is 0.865. The van der Waals surface area contributed by atoms with Gasteiger partial charge < -0.3 is 10.4 Å². The van der Waals surface area contributed by atoms with Gasteiger partial charge in [0.1, 0.15) is 0 Å². The van der Waals surface area contributed by atoms with Crippen molar-refractivity contribution in [1.29, 1.82) is 0 Å². The van der Waals surface area contributed by atoms with Crippen LogP contribution >= 0.6 is 11.6 Å². The highest BCUT2D eigenvalue weighted by Gasteiger charge is 2.05. The number of aliphatic hydroxyl groups is 1. The molecule has 17 heavy (non-hydrogen) atoms. The summed E-state index contributed by atoms with van der Waals surface area (Å²) in [6.45, 7) is 0.478. The first-order valence-corrected chi connectivity index (χ1v) is 5.86. The first kappa shape index (κ1) is 12.0. The predicted octanol–water partition coefficient (Wildman–Crippen LogP) is 3.73. The number of halogens is 1. The smallest absolute Gasteiger partial charge is 0.0962 e. The molecule has 3 heteroatoms. The summed E-state index contributed by atoms with van der Waals surface area (Å²) in [6.07, 6.45) is -0.508. The molecule has 2 rings (SSSR count). The van der Waals surface area contributed by atoms with Crippen molar-refractivity contribution in [1.82, 2.24) is 0 Å². The van der Waals surface area contributed by atoms with Gasteiger partial charge >= 0.3 is 0 Å². The molecule has 0 aliphatic rings. The zero-order chi connectivity index (χ0) is 12.1. The molecule has 2 aromatic carbocycles. The number of anilines is 1. The zero-order valence-corrected chi connectivity index (χ0v) is 10.1. The van der Waals surface area contributed by atoms with Gasteiger partial charge in [-0.2, -0.15) is 0 Å². The van der Waals surface area contributed by atoms with E-state index in [9.17, 15) is 5.11 Å². The molecule has 0 bridgehead atoms. The number of aliphatic hydroxyl groups excluding tert-OH is 1. The largest absolute Gasteiger partial charge is 0.387 e. The van der Waals surface area contributed by atoms with Crippen LogP contribution in [0.15, 0.2) is 54.6 Å². The Hall–Kier alpha value is -1.51. The topological polar surface area (TPSA) is 32.3 Å². The summed E-state index contributed by atoms with van der Waals surface area (Å²) in [5.74, 6) is 0. The third-order valence-electron chi connectivity index (χ3n) is 2.53. The van der Waals surface area contributed by atoms with Gasteiger partial charge in [0.25, 0.3) is 0 Å². The molecule has 0 amide bonds. The van der Waals surface area contributed by atoms with E-state index < -0.39 is 6.10 Å². The Morgan fingerprint density at radius 2 is 1.71 bits per heavy atom. The molecule has 1 atom stereocenters. The fourth-order valence-corrected chi connectivity index (χ4v) is 1.70. The van der Waals surface area contributed by atoms with E-state index in [2.05, 4.69) is 5.32 Å². The van der Waals surface area contributed by atoms with Crippen LogP contribution in [0.5, 0.6) is 0 Å². The second-order valence-corrected chi connectivity index (χ2v) is 4.25. The lowest BCUT2D eigenvalue weighted by Crippen LogP contribution is -2.11. The van der Waals surface area contributed by atoms with Crippen molar-refractivity contribution < 1.29 is 6.53 Å². The van der Waals surface area contributed by atoms with Gasteiger partial charge in [0.2, 0.25) is 0 Å². The van der Waals surface area contributed by atoms with E-state index >= 15 is 0 Å².